The average Bonchev–Trinajstić information content (AvgIpc) is 2.52. The standard InChI is InChI=1S/C16H24BF3N2O2/c1-12-10-21(17(2)23)8-9-22(12)15(11-24-3)13-4-6-14(7-5-13)16(18,19)20/h4-7,12,15,23H,8-11H2,1-3H3/t12-,15-/m0/s1. The van der Waals surface area contributed by atoms with Gasteiger partial charge in [-0.1, -0.05) is 12.1 Å². The highest BCUT2D eigenvalue weighted by molar-refractivity contribution is 6.45. The topological polar surface area (TPSA) is 35.9 Å². The van der Waals surface area contributed by atoms with E-state index in [-0.39, 0.29) is 12.1 Å². The van der Waals surface area contributed by atoms with Gasteiger partial charge in [-0.15, -0.1) is 0 Å². The second kappa shape index (κ2) is 7.86. The molecule has 1 aromatic carbocycles. The number of ether oxygens (including phenoxy) is 1. The van der Waals surface area contributed by atoms with E-state index in [1.807, 2.05) is 4.81 Å². The molecule has 0 unspecified atom stereocenters. The molecular weight excluding hydrogens is 320 g/mol. The van der Waals surface area contributed by atoms with Crippen LogP contribution in [-0.4, -0.2) is 61.2 Å². The Morgan fingerprint density at radius 2 is 1.92 bits per heavy atom. The van der Waals surface area contributed by atoms with Gasteiger partial charge in [-0.3, -0.25) is 4.90 Å². The summed E-state index contributed by atoms with van der Waals surface area (Å²) in [4.78, 5) is 4.21. The van der Waals surface area contributed by atoms with Crippen LogP contribution in [0, 0.1) is 0 Å². The summed E-state index contributed by atoms with van der Waals surface area (Å²) >= 11 is 0. The van der Waals surface area contributed by atoms with Gasteiger partial charge in [-0.25, -0.2) is 0 Å². The molecule has 24 heavy (non-hydrogen) atoms. The van der Waals surface area contributed by atoms with Gasteiger partial charge in [0.05, 0.1) is 18.2 Å². The maximum Gasteiger partial charge on any atom is 0.416 e. The number of rotatable bonds is 5. The van der Waals surface area contributed by atoms with Crippen LogP contribution in [0.5, 0.6) is 0 Å². The van der Waals surface area contributed by atoms with Gasteiger partial charge in [0.15, 0.2) is 0 Å². The van der Waals surface area contributed by atoms with Gasteiger partial charge in [0.25, 0.3) is 0 Å². The van der Waals surface area contributed by atoms with E-state index in [1.54, 1.807) is 13.9 Å². The van der Waals surface area contributed by atoms with Crippen LogP contribution in [0.25, 0.3) is 0 Å². The first kappa shape index (κ1) is 19.2. The first-order chi connectivity index (χ1) is 11.2. The van der Waals surface area contributed by atoms with Crippen LogP contribution < -0.4 is 0 Å². The van der Waals surface area contributed by atoms with Gasteiger partial charge < -0.3 is 14.6 Å². The zero-order chi connectivity index (χ0) is 17.9. The third-order valence-corrected chi connectivity index (χ3v) is 4.59. The van der Waals surface area contributed by atoms with Crippen LogP contribution in [-0.2, 0) is 10.9 Å². The van der Waals surface area contributed by atoms with E-state index < -0.39 is 18.8 Å². The molecule has 0 amide bonds. The lowest BCUT2D eigenvalue weighted by atomic mass is 9.83. The van der Waals surface area contributed by atoms with E-state index in [4.69, 9.17) is 4.74 Å². The summed E-state index contributed by atoms with van der Waals surface area (Å²) < 4.78 is 43.5. The first-order valence-corrected chi connectivity index (χ1v) is 8.08. The van der Waals surface area contributed by atoms with E-state index in [1.165, 1.54) is 12.1 Å². The molecular formula is C16H24BF3N2O2. The van der Waals surface area contributed by atoms with Gasteiger partial charge in [-0.2, -0.15) is 13.2 Å². The number of hydrogen-bond acceptors (Lipinski definition) is 4. The number of hydrogen-bond donors (Lipinski definition) is 1. The summed E-state index contributed by atoms with van der Waals surface area (Å²) in [6, 6.07) is 5.35. The van der Waals surface area contributed by atoms with Crippen LogP contribution in [0.2, 0.25) is 6.82 Å². The van der Waals surface area contributed by atoms with Crippen molar-refractivity contribution in [3.05, 3.63) is 35.4 Å². The monoisotopic (exact) mass is 344 g/mol. The van der Waals surface area contributed by atoms with E-state index in [9.17, 15) is 18.2 Å². The summed E-state index contributed by atoms with van der Waals surface area (Å²) in [7, 11) is 1.09. The lowest BCUT2D eigenvalue weighted by Gasteiger charge is -2.44. The third kappa shape index (κ3) is 4.50. The molecule has 1 aromatic rings. The fourth-order valence-corrected chi connectivity index (χ4v) is 3.24. The molecule has 1 aliphatic rings. The number of piperazine rings is 1. The van der Waals surface area contributed by atoms with Crippen molar-refractivity contribution >= 4 is 7.05 Å². The van der Waals surface area contributed by atoms with Crippen molar-refractivity contribution in [1.82, 2.24) is 9.71 Å². The minimum absolute atomic E-state index is 0.108. The molecule has 2 rings (SSSR count). The maximum atomic E-state index is 12.7. The molecule has 0 aliphatic carbocycles. The number of alkyl halides is 3. The second-order valence-corrected chi connectivity index (χ2v) is 6.30. The molecule has 1 aliphatic heterocycles. The fraction of sp³-hybridized carbons (Fsp3) is 0.625. The largest absolute Gasteiger partial charge is 0.437 e. The van der Waals surface area contributed by atoms with Crippen molar-refractivity contribution in [2.75, 3.05) is 33.4 Å². The van der Waals surface area contributed by atoms with Gasteiger partial charge >= 0.3 is 13.2 Å². The van der Waals surface area contributed by atoms with Crippen molar-refractivity contribution < 1.29 is 22.9 Å². The maximum absolute atomic E-state index is 12.7. The molecule has 0 spiro atoms. The summed E-state index contributed by atoms with van der Waals surface area (Å²) in [6.07, 6.45) is -4.33. The quantitative estimate of drug-likeness (QED) is 0.833. The molecule has 134 valence electrons. The average molecular weight is 344 g/mol. The third-order valence-electron chi connectivity index (χ3n) is 4.59. The smallest absolute Gasteiger partial charge is 0.416 e. The normalized spacial score (nSPS) is 21.7. The lowest BCUT2D eigenvalue weighted by molar-refractivity contribution is -0.137. The van der Waals surface area contributed by atoms with Crippen LogP contribution >= 0.6 is 0 Å². The Labute approximate surface area is 141 Å². The molecule has 0 radical (unpaired) electrons. The van der Waals surface area contributed by atoms with E-state index in [0.29, 0.717) is 19.7 Å². The predicted octanol–water partition coefficient (Wildman–Crippen LogP) is 2.51. The van der Waals surface area contributed by atoms with Gasteiger partial charge in [0, 0.05) is 32.8 Å². The molecule has 1 N–H and O–H groups in total. The van der Waals surface area contributed by atoms with E-state index in [2.05, 4.69) is 11.8 Å². The Morgan fingerprint density at radius 3 is 2.38 bits per heavy atom. The number of methoxy groups -OCH3 is 1. The summed E-state index contributed by atoms with van der Waals surface area (Å²) in [5.74, 6) is 0. The van der Waals surface area contributed by atoms with Crippen molar-refractivity contribution in [2.45, 2.75) is 32.0 Å². The molecule has 0 bridgehead atoms. The number of nitrogens with zero attached hydrogens (tertiary/aromatic N) is 2. The summed E-state index contributed by atoms with van der Waals surface area (Å²) in [5.41, 5.74) is 0.164. The first-order valence-electron chi connectivity index (χ1n) is 8.08. The van der Waals surface area contributed by atoms with Crippen molar-refractivity contribution in [2.24, 2.45) is 0 Å². The van der Waals surface area contributed by atoms with E-state index in [0.717, 1.165) is 24.2 Å². The minimum atomic E-state index is -4.33. The number of halogens is 3. The summed E-state index contributed by atoms with van der Waals surface area (Å²) in [5, 5.41) is 9.72. The van der Waals surface area contributed by atoms with Crippen molar-refractivity contribution in [3.63, 3.8) is 0 Å². The minimum Gasteiger partial charge on any atom is -0.437 e. The molecule has 4 nitrogen and oxygen atoms in total. The zero-order valence-electron chi connectivity index (χ0n) is 14.3. The van der Waals surface area contributed by atoms with Crippen molar-refractivity contribution in [1.29, 1.82) is 0 Å². The van der Waals surface area contributed by atoms with Gasteiger partial charge in [-0.05, 0) is 31.4 Å². The van der Waals surface area contributed by atoms with Crippen LogP contribution in [0.3, 0.4) is 0 Å². The molecule has 0 saturated carbocycles. The van der Waals surface area contributed by atoms with Crippen LogP contribution in [0.1, 0.15) is 24.1 Å². The number of benzene rings is 1. The van der Waals surface area contributed by atoms with Crippen molar-refractivity contribution in [3.8, 4) is 0 Å². The molecule has 1 fully saturated rings. The lowest BCUT2D eigenvalue weighted by Crippen LogP contribution is -2.57. The second-order valence-electron chi connectivity index (χ2n) is 6.30. The van der Waals surface area contributed by atoms with E-state index >= 15 is 0 Å². The van der Waals surface area contributed by atoms with Gasteiger partial charge in [0.1, 0.15) is 0 Å². The highest BCUT2D eigenvalue weighted by Crippen LogP contribution is 2.32. The Bertz CT molecular complexity index is 525. The Hall–Kier alpha value is -1.09. The SMILES string of the molecule is COC[C@@H](c1ccc(C(F)(F)F)cc1)N1CCN(B(C)O)C[C@@H]1C. The highest BCUT2D eigenvalue weighted by Gasteiger charge is 2.34. The molecule has 2 atom stereocenters. The molecule has 8 heteroatoms. The Balaban J connectivity index is 2.17. The summed E-state index contributed by atoms with van der Waals surface area (Å²) in [6.45, 7) is 6.35. The predicted molar refractivity (Wildman–Crippen MR) is 87.6 cm³/mol. The fourth-order valence-electron chi connectivity index (χ4n) is 3.24. The Morgan fingerprint density at radius 1 is 1.29 bits per heavy atom. The van der Waals surface area contributed by atoms with Crippen LogP contribution in [0.4, 0.5) is 13.2 Å². The van der Waals surface area contributed by atoms with Crippen LogP contribution in [0.15, 0.2) is 24.3 Å². The van der Waals surface area contributed by atoms with Gasteiger partial charge in [0.2, 0.25) is 0 Å². The highest BCUT2D eigenvalue weighted by atomic mass is 19.4. The molecule has 1 saturated heterocycles. The molecule has 0 aromatic heterocycles. The molecule has 1 heterocycles. The Kier molecular flexibility index (Phi) is 6.30. The zero-order valence-corrected chi connectivity index (χ0v) is 14.3.